The third-order valence-electron chi connectivity index (χ3n) is 2.48. The van der Waals surface area contributed by atoms with Crippen LogP contribution in [0.3, 0.4) is 0 Å². The number of nitrogens with two attached hydrogens (primary N) is 2. The molecule has 1 atom stereocenters. The zero-order valence-electron chi connectivity index (χ0n) is 9.10. The first-order valence-electron chi connectivity index (χ1n) is 4.89. The van der Waals surface area contributed by atoms with Gasteiger partial charge in [-0.2, -0.15) is 0 Å². The first-order chi connectivity index (χ1) is 7.06. The number of hydrogen-bond donors (Lipinski definition) is 2. The van der Waals surface area contributed by atoms with Crippen LogP contribution in [0.25, 0.3) is 0 Å². The molecule has 0 saturated carbocycles. The lowest BCUT2D eigenvalue weighted by Crippen LogP contribution is -2.39. The van der Waals surface area contributed by atoms with Crippen LogP contribution in [0.15, 0.2) is 24.3 Å². The van der Waals surface area contributed by atoms with E-state index in [-0.39, 0.29) is 11.9 Å². The number of carbonyl (C=O) groups is 1. The molecule has 4 N–H and O–H groups in total. The van der Waals surface area contributed by atoms with Crippen LogP contribution in [0.5, 0.6) is 0 Å². The third-order valence-corrected chi connectivity index (χ3v) is 2.48. The molecule has 1 amide bonds. The van der Waals surface area contributed by atoms with Gasteiger partial charge in [0.1, 0.15) is 0 Å². The number of nitrogen functional groups attached to an aromatic ring is 1. The van der Waals surface area contributed by atoms with Crippen LogP contribution in [0.1, 0.15) is 17.3 Å². The van der Waals surface area contributed by atoms with Crippen molar-refractivity contribution < 1.29 is 4.79 Å². The van der Waals surface area contributed by atoms with Crippen molar-refractivity contribution in [1.82, 2.24) is 4.90 Å². The number of amides is 1. The number of rotatable bonds is 3. The van der Waals surface area contributed by atoms with Gasteiger partial charge in [-0.05, 0) is 31.2 Å². The number of likely N-dealkylation sites (N-methyl/N-ethyl adjacent to an activating group) is 1. The summed E-state index contributed by atoms with van der Waals surface area (Å²) in [5.74, 6) is -0.0343. The summed E-state index contributed by atoms with van der Waals surface area (Å²) < 4.78 is 0. The molecule has 0 heterocycles. The molecule has 0 aliphatic heterocycles. The van der Waals surface area contributed by atoms with Gasteiger partial charge in [-0.15, -0.1) is 0 Å². The minimum Gasteiger partial charge on any atom is -0.399 e. The number of nitrogens with zero attached hydrogens (tertiary/aromatic N) is 1. The van der Waals surface area contributed by atoms with Crippen molar-refractivity contribution >= 4 is 11.6 Å². The molecule has 1 aromatic carbocycles. The Kier molecular flexibility index (Phi) is 3.68. The Balaban J connectivity index is 2.80. The molecule has 0 bridgehead atoms. The molecule has 0 fully saturated rings. The van der Waals surface area contributed by atoms with Gasteiger partial charge in [0.05, 0.1) is 0 Å². The molecule has 0 radical (unpaired) electrons. The smallest absolute Gasteiger partial charge is 0.253 e. The molecule has 0 aliphatic carbocycles. The SMILES string of the molecule is CC(CN)N(C)C(=O)c1ccc(N)cc1. The number of carbonyl (C=O) groups excluding carboxylic acids is 1. The normalized spacial score (nSPS) is 12.2. The summed E-state index contributed by atoms with van der Waals surface area (Å²) in [5.41, 5.74) is 12.3. The monoisotopic (exact) mass is 207 g/mol. The van der Waals surface area contributed by atoms with Crippen molar-refractivity contribution in [1.29, 1.82) is 0 Å². The van der Waals surface area contributed by atoms with Crippen LogP contribution >= 0.6 is 0 Å². The Morgan fingerprint density at radius 3 is 2.40 bits per heavy atom. The summed E-state index contributed by atoms with van der Waals surface area (Å²) in [6.45, 7) is 2.37. The van der Waals surface area contributed by atoms with Gasteiger partial charge in [-0.1, -0.05) is 0 Å². The van der Waals surface area contributed by atoms with E-state index >= 15 is 0 Å². The fraction of sp³-hybridized carbons (Fsp3) is 0.364. The molecule has 4 nitrogen and oxygen atoms in total. The molecular weight excluding hydrogens is 190 g/mol. The second-order valence-corrected chi connectivity index (χ2v) is 3.62. The highest BCUT2D eigenvalue weighted by atomic mass is 16.2. The second kappa shape index (κ2) is 4.79. The predicted molar refractivity (Wildman–Crippen MR) is 61.5 cm³/mol. The quantitative estimate of drug-likeness (QED) is 0.716. The number of benzene rings is 1. The summed E-state index contributed by atoms with van der Waals surface area (Å²) >= 11 is 0. The Bertz CT molecular complexity index is 334. The maximum absolute atomic E-state index is 11.9. The second-order valence-electron chi connectivity index (χ2n) is 3.62. The van der Waals surface area contributed by atoms with Gasteiger partial charge in [0.15, 0.2) is 0 Å². The maximum atomic E-state index is 11.9. The van der Waals surface area contributed by atoms with Gasteiger partial charge in [-0.25, -0.2) is 0 Å². The third kappa shape index (κ3) is 2.70. The highest BCUT2D eigenvalue weighted by molar-refractivity contribution is 5.94. The van der Waals surface area contributed by atoms with Crippen molar-refractivity contribution in [3.8, 4) is 0 Å². The molecule has 0 aliphatic rings. The first kappa shape index (κ1) is 11.5. The van der Waals surface area contributed by atoms with E-state index in [4.69, 9.17) is 11.5 Å². The summed E-state index contributed by atoms with van der Waals surface area (Å²) in [6, 6.07) is 6.91. The number of hydrogen-bond acceptors (Lipinski definition) is 3. The lowest BCUT2D eigenvalue weighted by atomic mass is 10.1. The zero-order chi connectivity index (χ0) is 11.4. The molecule has 82 valence electrons. The summed E-state index contributed by atoms with van der Waals surface area (Å²) in [5, 5.41) is 0. The molecule has 1 rings (SSSR count). The van der Waals surface area contributed by atoms with Gasteiger partial charge in [-0.3, -0.25) is 4.79 Å². The standard InChI is InChI=1S/C11H17N3O/c1-8(7-12)14(2)11(15)9-3-5-10(13)6-4-9/h3-6,8H,7,12-13H2,1-2H3. The van der Waals surface area contributed by atoms with E-state index in [2.05, 4.69) is 0 Å². The van der Waals surface area contributed by atoms with Crippen LogP contribution in [0.2, 0.25) is 0 Å². The lowest BCUT2D eigenvalue weighted by molar-refractivity contribution is 0.0748. The maximum Gasteiger partial charge on any atom is 0.253 e. The lowest BCUT2D eigenvalue weighted by Gasteiger charge is -2.23. The Hall–Kier alpha value is -1.55. The van der Waals surface area contributed by atoms with Crippen molar-refractivity contribution in [3.05, 3.63) is 29.8 Å². The van der Waals surface area contributed by atoms with Crippen LogP contribution in [0, 0.1) is 0 Å². The summed E-state index contributed by atoms with van der Waals surface area (Å²) in [4.78, 5) is 13.5. The van der Waals surface area contributed by atoms with Gasteiger partial charge < -0.3 is 16.4 Å². The van der Waals surface area contributed by atoms with Crippen molar-refractivity contribution in [2.75, 3.05) is 19.3 Å². The Labute approximate surface area is 89.9 Å². The summed E-state index contributed by atoms with van der Waals surface area (Å²) in [7, 11) is 1.75. The first-order valence-corrected chi connectivity index (χ1v) is 4.89. The van der Waals surface area contributed by atoms with E-state index in [0.29, 0.717) is 17.8 Å². The predicted octanol–water partition coefficient (Wildman–Crippen LogP) is 0.688. The van der Waals surface area contributed by atoms with Gasteiger partial charge >= 0.3 is 0 Å². The fourth-order valence-corrected chi connectivity index (χ4v) is 1.19. The van der Waals surface area contributed by atoms with Crippen LogP contribution in [-0.4, -0.2) is 30.4 Å². The Morgan fingerprint density at radius 1 is 1.40 bits per heavy atom. The molecule has 1 aromatic rings. The molecule has 1 unspecified atom stereocenters. The highest BCUT2D eigenvalue weighted by Crippen LogP contribution is 2.09. The molecular formula is C11H17N3O. The zero-order valence-corrected chi connectivity index (χ0v) is 9.10. The van der Waals surface area contributed by atoms with E-state index in [1.807, 2.05) is 6.92 Å². The molecule has 0 aromatic heterocycles. The number of anilines is 1. The van der Waals surface area contributed by atoms with Gasteiger partial charge in [0.25, 0.3) is 5.91 Å². The highest BCUT2D eigenvalue weighted by Gasteiger charge is 2.15. The average molecular weight is 207 g/mol. The molecule has 4 heteroatoms. The molecule has 15 heavy (non-hydrogen) atoms. The van der Waals surface area contributed by atoms with Crippen molar-refractivity contribution in [2.24, 2.45) is 5.73 Å². The fourth-order valence-electron chi connectivity index (χ4n) is 1.19. The minimum atomic E-state index is -0.0343. The van der Waals surface area contributed by atoms with Gasteiger partial charge in [0.2, 0.25) is 0 Å². The van der Waals surface area contributed by atoms with Crippen LogP contribution < -0.4 is 11.5 Å². The van der Waals surface area contributed by atoms with Gasteiger partial charge in [0, 0.05) is 30.9 Å². The van der Waals surface area contributed by atoms with Crippen LogP contribution in [-0.2, 0) is 0 Å². The van der Waals surface area contributed by atoms with Crippen molar-refractivity contribution in [3.63, 3.8) is 0 Å². The van der Waals surface area contributed by atoms with E-state index in [1.165, 1.54) is 0 Å². The van der Waals surface area contributed by atoms with E-state index < -0.39 is 0 Å². The van der Waals surface area contributed by atoms with E-state index in [9.17, 15) is 4.79 Å². The van der Waals surface area contributed by atoms with E-state index in [0.717, 1.165) is 0 Å². The summed E-state index contributed by atoms with van der Waals surface area (Å²) in [6.07, 6.45) is 0. The Morgan fingerprint density at radius 2 is 1.93 bits per heavy atom. The minimum absolute atomic E-state index is 0.0343. The topological polar surface area (TPSA) is 72.3 Å². The molecule has 0 spiro atoms. The average Bonchev–Trinajstić information content (AvgIpc) is 2.27. The van der Waals surface area contributed by atoms with Crippen LogP contribution in [0.4, 0.5) is 5.69 Å². The molecule has 0 saturated heterocycles. The van der Waals surface area contributed by atoms with E-state index in [1.54, 1.807) is 36.2 Å². The largest absolute Gasteiger partial charge is 0.399 e. The van der Waals surface area contributed by atoms with Crippen molar-refractivity contribution in [2.45, 2.75) is 13.0 Å².